The van der Waals surface area contributed by atoms with Crippen molar-refractivity contribution in [2.45, 2.75) is 76.5 Å². The van der Waals surface area contributed by atoms with Gasteiger partial charge in [-0.05, 0) is 117 Å². The predicted octanol–water partition coefficient (Wildman–Crippen LogP) is 8.02. The minimum absolute atomic E-state index is 0.236. The molecule has 0 aliphatic heterocycles. The van der Waals surface area contributed by atoms with Crippen molar-refractivity contribution in [1.82, 2.24) is 0 Å². The van der Waals surface area contributed by atoms with Crippen LogP contribution in [0.15, 0.2) is 30.9 Å². The average molecular weight is 425 g/mol. The van der Waals surface area contributed by atoms with E-state index in [1.807, 2.05) is 0 Å². The summed E-state index contributed by atoms with van der Waals surface area (Å²) in [4.78, 5) is 0. The summed E-state index contributed by atoms with van der Waals surface area (Å²) in [6, 6.07) is 3.98. The summed E-state index contributed by atoms with van der Waals surface area (Å²) >= 11 is 0. The van der Waals surface area contributed by atoms with Crippen LogP contribution in [-0.2, 0) is 0 Å². The highest BCUT2D eigenvalue weighted by atomic mass is 19.4. The van der Waals surface area contributed by atoms with Crippen LogP contribution in [0.4, 0.5) is 17.6 Å². The van der Waals surface area contributed by atoms with Crippen molar-refractivity contribution in [2.75, 3.05) is 0 Å². The summed E-state index contributed by atoms with van der Waals surface area (Å²) in [5, 5.41) is 0. The molecule has 4 rings (SSSR count). The van der Waals surface area contributed by atoms with Crippen molar-refractivity contribution >= 4 is 0 Å². The Balaban J connectivity index is 1.33. The van der Waals surface area contributed by atoms with Crippen molar-refractivity contribution < 1.29 is 22.3 Å². The third-order valence-corrected chi connectivity index (χ3v) is 8.12. The Morgan fingerprint density at radius 3 is 2.07 bits per heavy atom. The van der Waals surface area contributed by atoms with Gasteiger partial charge in [0.2, 0.25) is 0 Å². The molecule has 0 radical (unpaired) electrons. The number of hydrogen-bond acceptors (Lipinski definition) is 1. The molecular formula is C25H32F4O. The summed E-state index contributed by atoms with van der Waals surface area (Å²) in [6.07, 6.45) is 9.55. The Morgan fingerprint density at radius 2 is 1.43 bits per heavy atom. The Labute approximate surface area is 176 Å². The van der Waals surface area contributed by atoms with Crippen molar-refractivity contribution in [2.24, 2.45) is 29.6 Å². The molecule has 0 amide bonds. The van der Waals surface area contributed by atoms with Crippen molar-refractivity contribution in [3.05, 3.63) is 42.2 Å². The standard InChI is InChI=1S/C25H32F4O/c1-2-16-3-5-17(6-4-16)18-7-8-20-14-21(10-9-19(20)13-18)22-11-12-24(23(26)15-22)30-25(27,28)29/h2,11-12,15-21H,1,3-10,13-14H2. The van der Waals surface area contributed by atoms with Crippen LogP contribution < -0.4 is 4.74 Å². The van der Waals surface area contributed by atoms with E-state index in [0.29, 0.717) is 11.8 Å². The maximum Gasteiger partial charge on any atom is 0.573 e. The highest BCUT2D eigenvalue weighted by Gasteiger charge is 2.39. The minimum atomic E-state index is -4.87. The fourth-order valence-corrected chi connectivity index (χ4v) is 6.49. The van der Waals surface area contributed by atoms with E-state index in [4.69, 9.17) is 0 Å². The van der Waals surface area contributed by atoms with Crippen molar-refractivity contribution in [1.29, 1.82) is 0 Å². The zero-order valence-corrected chi connectivity index (χ0v) is 17.5. The first kappa shape index (κ1) is 21.7. The largest absolute Gasteiger partial charge is 0.573 e. The van der Waals surface area contributed by atoms with Crippen LogP contribution in [0.2, 0.25) is 0 Å². The van der Waals surface area contributed by atoms with Gasteiger partial charge in [-0.25, -0.2) is 4.39 Å². The van der Waals surface area contributed by atoms with E-state index in [-0.39, 0.29) is 5.92 Å². The van der Waals surface area contributed by atoms with Gasteiger partial charge in [0.1, 0.15) is 0 Å². The van der Waals surface area contributed by atoms with Gasteiger partial charge in [-0.1, -0.05) is 12.1 Å². The van der Waals surface area contributed by atoms with Gasteiger partial charge < -0.3 is 4.74 Å². The topological polar surface area (TPSA) is 9.23 Å². The summed E-state index contributed by atoms with van der Waals surface area (Å²) in [5.74, 6) is 2.42. The molecule has 0 bridgehead atoms. The molecular weight excluding hydrogens is 392 g/mol. The first-order valence-corrected chi connectivity index (χ1v) is 11.5. The van der Waals surface area contributed by atoms with Crippen LogP contribution >= 0.6 is 0 Å². The molecule has 3 aliphatic rings. The molecule has 0 heterocycles. The molecule has 1 nitrogen and oxygen atoms in total. The molecule has 3 saturated carbocycles. The molecule has 4 unspecified atom stereocenters. The second-order valence-corrected chi connectivity index (χ2v) is 9.75. The van der Waals surface area contributed by atoms with Crippen LogP contribution in [0.3, 0.4) is 0 Å². The maximum atomic E-state index is 14.1. The van der Waals surface area contributed by atoms with E-state index >= 15 is 0 Å². The first-order valence-electron chi connectivity index (χ1n) is 11.5. The number of fused-ring (bicyclic) bond motifs is 1. The van der Waals surface area contributed by atoms with Crippen LogP contribution in [0.25, 0.3) is 0 Å². The molecule has 0 aromatic heterocycles. The van der Waals surface area contributed by atoms with Gasteiger partial charge in [0, 0.05) is 0 Å². The summed E-state index contributed by atoms with van der Waals surface area (Å²) in [5.41, 5.74) is 0.811. The van der Waals surface area contributed by atoms with Crippen LogP contribution in [-0.4, -0.2) is 6.36 Å². The lowest BCUT2D eigenvalue weighted by Crippen LogP contribution is -2.34. The molecule has 1 aromatic carbocycles. The van der Waals surface area contributed by atoms with E-state index in [1.165, 1.54) is 51.0 Å². The molecule has 5 heteroatoms. The number of rotatable bonds is 4. The number of benzene rings is 1. The molecule has 4 atom stereocenters. The van der Waals surface area contributed by atoms with E-state index in [9.17, 15) is 17.6 Å². The van der Waals surface area contributed by atoms with Crippen LogP contribution in [0, 0.1) is 35.4 Å². The third kappa shape index (κ3) is 5.03. The number of ether oxygens (including phenoxy) is 1. The number of allylic oxidation sites excluding steroid dienone is 1. The second-order valence-electron chi connectivity index (χ2n) is 9.75. The first-order chi connectivity index (χ1) is 14.3. The maximum absolute atomic E-state index is 14.1. The van der Waals surface area contributed by atoms with Gasteiger partial charge >= 0.3 is 6.36 Å². The van der Waals surface area contributed by atoms with Gasteiger partial charge in [0.15, 0.2) is 11.6 Å². The van der Waals surface area contributed by atoms with Crippen molar-refractivity contribution in [3.8, 4) is 5.75 Å². The summed E-state index contributed by atoms with van der Waals surface area (Å²) < 4.78 is 55.0. The van der Waals surface area contributed by atoms with E-state index in [2.05, 4.69) is 17.4 Å². The molecule has 0 N–H and O–H groups in total. The fourth-order valence-electron chi connectivity index (χ4n) is 6.49. The second kappa shape index (κ2) is 8.92. The third-order valence-electron chi connectivity index (χ3n) is 8.12. The molecule has 1 aromatic rings. The molecule has 3 aliphatic carbocycles. The predicted molar refractivity (Wildman–Crippen MR) is 110 cm³/mol. The van der Waals surface area contributed by atoms with Crippen LogP contribution in [0.5, 0.6) is 5.75 Å². The Hall–Kier alpha value is -1.52. The zero-order chi connectivity index (χ0) is 21.3. The smallest absolute Gasteiger partial charge is 0.403 e. The minimum Gasteiger partial charge on any atom is -0.403 e. The summed E-state index contributed by atoms with van der Waals surface area (Å²) in [6.45, 7) is 3.95. The normalized spacial score (nSPS) is 34.8. The lowest BCUT2D eigenvalue weighted by Gasteiger charge is -2.45. The number of hydrogen-bond donors (Lipinski definition) is 0. The van der Waals surface area contributed by atoms with E-state index in [1.54, 1.807) is 6.07 Å². The average Bonchev–Trinajstić information content (AvgIpc) is 2.73. The van der Waals surface area contributed by atoms with Crippen LogP contribution in [0.1, 0.15) is 75.7 Å². The number of halogens is 4. The van der Waals surface area contributed by atoms with Gasteiger partial charge in [-0.15, -0.1) is 19.8 Å². The molecule has 0 spiro atoms. The van der Waals surface area contributed by atoms with Gasteiger partial charge in [-0.2, -0.15) is 0 Å². The quantitative estimate of drug-likeness (QED) is 0.351. The molecule has 0 saturated heterocycles. The van der Waals surface area contributed by atoms with E-state index < -0.39 is 17.9 Å². The zero-order valence-electron chi connectivity index (χ0n) is 17.5. The molecule has 3 fully saturated rings. The lowest BCUT2D eigenvalue weighted by molar-refractivity contribution is -0.275. The highest BCUT2D eigenvalue weighted by Crippen LogP contribution is 2.51. The highest BCUT2D eigenvalue weighted by molar-refractivity contribution is 5.32. The lowest BCUT2D eigenvalue weighted by atomic mass is 9.60. The Morgan fingerprint density at radius 1 is 0.833 bits per heavy atom. The fraction of sp³-hybridized carbons (Fsp3) is 0.680. The van der Waals surface area contributed by atoms with Gasteiger partial charge in [0.25, 0.3) is 0 Å². The monoisotopic (exact) mass is 424 g/mol. The van der Waals surface area contributed by atoms with Gasteiger partial charge in [0.05, 0.1) is 0 Å². The van der Waals surface area contributed by atoms with Crippen molar-refractivity contribution in [3.63, 3.8) is 0 Å². The summed E-state index contributed by atoms with van der Waals surface area (Å²) in [7, 11) is 0. The van der Waals surface area contributed by atoms with Gasteiger partial charge in [-0.3, -0.25) is 0 Å². The van der Waals surface area contributed by atoms with E-state index in [0.717, 1.165) is 48.6 Å². The molecule has 30 heavy (non-hydrogen) atoms. The number of alkyl halides is 3. The SMILES string of the molecule is C=CC1CCC(C2CCC3CC(c4ccc(OC(F)(F)F)c(F)c4)CCC3C2)CC1. The Kier molecular flexibility index (Phi) is 6.45. The Bertz CT molecular complexity index is 735. The molecule has 166 valence electrons.